The summed E-state index contributed by atoms with van der Waals surface area (Å²) in [7, 11) is 3.21. The zero-order valence-corrected chi connectivity index (χ0v) is 17.9. The van der Waals surface area contributed by atoms with E-state index in [0.717, 1.165) is 11.5 Å². The van der Waals surface area contributed by atoms with Gasteiger partial charge in [-0.25, -0.2) is 0 Å². The number of carbonyl (C=O) groups excluding carboxylic acids is 1. The summed E-state index contributed by atoms with van der Waals surface area (Å²) >= 11 is 1.33. The van der Waals surface area contributed by atoms with E-state index in [0.29, 0.717) is 29.0 Å². The minimum atomic E-state index is -0.120. The number of carbonyl (C=O) groups is 1. The number of ether oxygens (including phenoxy) is 3. The van der Waals surface area contributed by atoms with Crippen LogP contribution in [0, 0.1) is 0 Å². The van der Waals surface area contributed by atoms with E-state index in [1.165, 1.54) is 11.8 Å². The Bertz CT molecular complexity index is 975. The number of thioether (sulfide) groups is 1. The number of hydrogen-bond donors (Lipinski definition) is 1. The summed E-state index contributed by atoms with van der Waals surface area (Å²) in [5.74, 6) is 2.95. The van der Waals surface area contributed by atoms with E-state index in [1.807, 2.05) is 35.8 Å². The molecule has 3 aromatic rings. The van der Waals surface area contributed by atoms with Gasteiger partial charge in [0.25, 0.3) is 0 Å². The highest BCUT2D eigenvalue weighted by molar-refractivity contribution is 7.99. The SMILES string of the molecule is CCn1c(COc2cccc(OC)c2)nnc1SCC(=O)Nc1ccc(OC)cc1. The van der Waals surface area contributed by atoms with Crippen LogP contribution in [0.2, 0.25) is 0 Å². The summed E-state index contributed by atoms with van der Waals surface area (Å²) < 4.78 is 18.1. The summed E-state index contributed by atoms with van der Waals surface area (Å²) in [6, 6.07) is 14.6. The molecule has 0 aliphatic rings. The molecule has 0 fully saturated rings. The zero-order chi connectivity index (χ0) is 21.3. The monoisotopic (exact) mass is 428 g/mol. The Morgan fingerprint density at radius 1 is 1.03 bits per heavy atom. The number of nitrogens with one attached hydrogen (secondary N) is 1. The standard InChI is InChI=1S/C21H24N4O4S/c1-4-25-19(13-29-18-7-5-6-17(12-18)28-3)23-24-21(25)30-14-20(26)22-15-8-10-16(27-2)11-9-15/h5-12H,4,13-14H2,1-3H3,(H,22,26). The summed E-state index contributed by atoms with van der Waals surface area (Å²) in [6.45, 7) is 2.94. The fraction of sp³-hybridized carbons (Fsp3) is 0.286. The van der Waals surface area contributed by atoms with Gasteiger partial charge >= 0.3 is 0 Å². The summed E-state index contributed by atoms with van der Waals surface area (Å²) in [4.78, 5) is 12.3. The van der Waals surface area contributed by atoms with Crippen LogP contribution in [0.1, 0.15) is 12.7 Å². The van der Waals surface area contributed by atoms with Crippen molar-refractivity contribution in [2.24, 2.45) is 0 Å². The smallest absolute Gasteiger partial charge is 0.234 e. The van der Waals surface area contributed by atoms with Gasteiger partial charge in [-0.3, -0.25) is 4.79 Å². The molecule has 0 bridgehead atoms. The minimum Gasteiger partial charge on any atom is -0.497 e. The van der Waals surface area contributed by atoms with Crippen molar-refractivity contribution in [1.82, 2.24) is 14.8 Å². The lowest BCUT2D eigenvalue weighted by Crippen LogP contribution is -2.14. The van der Waals surface area contributed by atoms with E-state index in [4.69, 9.17) is 14.2 Å². The van der Waals surface area contributed by atoms with Crippen LogP contribution in [0.3, 0.4) is 0 Å². The van der Waals surface area contributed by atoms with Crippen molar-refractivity contribution >= 4 is 23.4 Å². The normalized spacial score (nSPS) is 10.5. The predicted molar refractivity (Wildman–Crippen MR) is 115 cm³/mol. The molecular formula is C21H24N4O4S. The maximum Gasteiger partial charge on any atom is 0.234 e. The van der Waals surface area contributed by atoms with Crippen LogP contribution in [0.25, 0.3) is 0 Å². The van der Waals surface area contributed by atoms with Gasteiger partial charge in [0.05, 0.1) is 20.0 Å². The minimum absolute atomic E-state index is 0.120. The van der Waals surface area contributed by atoms with E-state index >= 15 is 0 Å². The van der Waals surface area contributed by atoms with Gasteiger partial charge in [0.15, 0.2) is 11.0 Å². The number of methoxy groups -OCH3 is 2. The third kappa shape index (κ3) is 5.66. The number of hydrogen-bond acceptors (Lipinski definition) is 7. The topological polar surface area (TPSA) is 87.5 Å². The first-order chi connectivity index (χ1) is 14.6. The Hall–Kier alpha value is -3.20. The van der Waals surface area contributed by atoms with E-state index in [1.54, 1.807) is 38.5 Å². The lowest BCUT2D eigenvalue weighted by atomic mass is 10.3. The van der Waals surface area contributed by atoms with Gasteiger partial charge in [0, 0.05) is 18.3 Å². The average molecular weight is 429 g/mol. The summed E-state index contributed by atoms with van der Waals surface area (Å²) in [5.41, 5.74) is 0.714. The molecule has 0 unspecified atom stereocenters. The number of anilines is 1. The Kier molecular flexibility index (Phi) is 7.56. The van der Waals surface area contributed by atoms with Crippen LogP contribution < -0.4 is 19.5 Å². The van der Waals surface area contributed by atoms with Crippen molar-refractivity contribution in [3.8, 4) is 17.2 Å². The molecule has 0 aliphatic heterocycles. The van der Waals surface area contributed by atoms with E-state index in [-0.39, 0.29) is 18.3 Å². The second-order valence-electron chi connectivity index (χ2n) is 6.18. The van der Waals surface area contributed by atoms with Gasteiger partial charge in [-0.15, -0.1) is 10.2 Å². The third-order valence-electron chi connectivity index (χ3n) is 4.22. The molecular weight excluding hydrogens is 404 g/mol. The molecule has 0 saturated carbocycles. The molecule has 0 saturated heterocycles. The van der Waals surface area contributed by atoms with Crippen molar-refractivity contribution in [3.63, 3.8) is 0 Å². The predicted octanol–water partition coefficient (Wildman–Crippen LogP) is 3.63. The van der Waals surface area contributed by atoms with Crippen LogP contribution in [0.15, 0.2) is 53.7 Å². The lowest BCUT2D eigenvalue weighted by molar-refractivity contribution is -0.113. The quantitative estimate of drug-likeness (QED) is 0.494. The number of rotatable bonds is 10. The van der Waals surface area contributed by atoms with Gasteiger partial charge in [-0.1, -0.05) is 17.8 Å². The molecule has 0 atom stereocenters. The molecule has 0 aliphatic carbocycles. The molecule has 30 heavy (non-hydrogen) atoms. The van der Waals surface area contributed by atoms with E-state index in [9.17, 15) is 4.79 Å². The van der Waals surface area contributed by atoms with Gasteiger partial charge in [0.1, 0.15) is 23.9 Å². The Morgan fingerprint density at radius 3 is 2.47 bits per heavy atom. The molecule has 1 heterocycles. The lowest BCUT2D eigenvalue weighted by Gasteiger charge is -2.10. The number of aromatic nitrogens is 3. The van der Waals surface area contributed by atoms with Gasteiger partial charge in [0.2, 0.25) is 5.91 Å². The van der Waals surface area contributed by atoms with Crippen LogP contribution >= 0.6 is 11.8 Å². The molecule has 0 spiro atoms. The summed E-state index contributed by atoms with van der Waals surface area (Å²) in [6.07, 6.45) is 0. The molecule has 158 valence electrons. The average Bonchev–Trinajstić information content (AvgIpc) is 3.18. The first kappa shape index (κ1) is 21.5. The van der Waals surface area contributed by atoms with Crippen molar-refractivity contribution in [1.29, 1.82) is 0 Å². The second-order valence-corrected chi connectivity index (χ2v) is 7.12. The van der Waals surface area contributed by atoms with Crippen LogP contribution in [-0.4, -0.2) is 40.6 Å². The molecule has 1 amide bonds. The van der Waals surface area contributed by atoms with Crippen molar-refractivity contribution in [2.75, 3.05) is 25.3 Å². The fourth-order valence-electron chi connectivity index (χ4n) is 2.69. The number of benzene rings is 2. The van der Waals surface area contributed by atoms with Crippen molar-refractivity contribution in [2.45, 2.75) is 25.2 Å². The number of amides is 1. The third-order valence-corrected chi connectivity index (χ3v) is 5.19. The van der Waals surface area contributed by atoms with Gasteiger partial charge in [-0.2, -0.15) is 0 Å². The first-order valence-electron chi connectivity index (χ1n) is 9.38. The largest absolute Gasteiger partial charge is 0.497 e. The highest BCUT2D eigenvalue weighted by Gasteiger charge is 2.14. The Morgan fingerprint density at radius 2 is 1.77 bits per heavy atom. The molecule has 0 radical (unpaired) electrons. The highest BCUT2D eigenvalue weighted by Crippen LogP contribution is 2.22. The molecule has 9 heteroatoms. The Balaban J connectivity index is 1.55. The first-order valence-corrected chi connectivity index (χ1v) is 10.4. The van der Waals surface area contributed by atoms with Gasteiger partial charge in [-0.05, 0) is 43.3 Å². The second kappa shape index (κ2) is 10.5. The van der Waals surface area contributed by atoms with Crippen LogP contribution in [0.5, 0.6) is 17.2 Å². The van der Waals surface area contributed by atoms with E-state index < -0.39 is 0 Å². The van der Waals surface area contributed by atoms with Gasteiger partial charge < -0.3 is 24.1 Å². The molecule has 2 aromatic carbocycles. The molecule has 1 N–H and O–H groups in total. The maximum absolute atomic E-state index is 12.3. The van der Waals surface area contributed by atoms with Crippen molar-refractivity contribution in [3.05, 3.63) is 54.4 Å². The molecule has 3 rings (SSSR count). The Labute approximate surface area is 179 Å². The number of nitrogens with zero attached hydrogens (tertiary/aromatic N) is 3. The van der Waals surface area contributed by atoms with Crippen LogP contribution in [-0.2, 0) is 17.9 Å². The van der Waals surface area contributed by atoms with Crippen molar-refractivity contribution < 1.29 is 19.0 Å². The van der Waals surface area contributed by atoms with E-state index in [2.05, 4.69) is 15.5 Å². The zero-order valence-electron chi connectivity index (χ0n) is 17.1. The maximum atomic E-state index is 12.3. The summed E-state index contributed by atoms with van der Waals surface area (Å²) in [5, 5.41) is 12.0. The van der Waals surface area contributed by atoms with Crippen LogP contribution in [0.4, 0.5) is 5.69 Å². The molecule has 8 nitrogen and oxygen atoms in total. The fourth-order valence-corrected chi connectivity index (χ4v) is 3.51. The highest BCUT2D eigenvalue weighted by atomic mass is 32.2. The molecule has 1 aromatic heterocycles.